The van der Waals surface area contributed by atoms with Gasteiger partial charge in [0.25, 0.3) is 0 Å². The molecule has 2 rings (SSSR count). The molecule has 2 aliphatic rings. The van der Waals surface area contributed by atoms with E-state index in [0.717, 1.165) is 35.5 Å². The second-order valence-electron chi connectivity index (χ2n) is 6.45. The Hall–Kier alpha value is -0.260. The predicted octanol–water partition coefficient (Wildman–Crippen LogP) is 4.91. The Morgan fingerprint density at radius 2 is 1.75 bits per heavy atom. The highest BCUT2D eigenvalue weighted by Crippen LogP contribution is 2.56. The van der Waals surface area contributed by atoms with E-state index >= 15 is 0 Å². The summed E-state index contributed by atoms with van der Waals surface area (Å²) in [5, 5.41) is 0. The fraction of sp³-hybridized carbons (Fsp3) is 0.875. The summed E-state index contributed by atoms with van der Waals surface area (Å²) in [7, 11) is 0. The average Bonchev–Trinajstić information content (AvgIpc) is 2.81. The topological polar surface area (TPSA) is 0 Å². The fourth-order valence-corrected chi connectivity index (χ4v) is 4.06. The molecule has 0 aromatic carbocycles. The highest BCUT2D eigenvalue weighted by Gasteiger charge is 2.50. The molecule has 1 saturated carbocycles. The standard InChI is InChI=1S/C16H28/c1-6-7-14-8-10(2)9-15(13(14)5)16-11(3)12(16)4/h8,10-13,15-16H,6-7,9H2,1-5H3. The van der Waals surface area contributed by atoms with Gasteiger partial charge < -0.3 is 0 Å². The van der Waals surface area contributed by atoms with Gasteiger partial charge in [-0.3, -0.25) is 0 Å². The van der Waals surface area contributed by atoms with Crippen molar-refractivity contribution in [3.8, 4) is 0 Å². The van der Waals surface area contributed by atoms with Gasteiger partial charge in [0.15, 0.2) is 0 Å². The van der Waals surface area contributed by atoms with E-state index in [9.17, 15) is 0 Å². The summed E-state index contributed by atoms with van der Waals surface area (Å²) < 4.78 is 0. The van der Waals surface area contributed by atoms with Crippen molar-refractivity contribution < 1.29 is 0 Å². The van der Waals surface area contributed by atoms with Gasteiger partial charge in [-0.25, -0.2) is 0 Å². The monoisotopic (exact) mass is 220 g/mol. The lowest BCUT2D eigenvalue weighted by Gasteiger charge is -2.34. The molecule has 0 heterocycles. The van der Waals surface area contributed by atoms with Gasteiger partial charge in [0.05, 0.1) is 0 Å². The van der Waals surface area contributed by atoms with Crippen LogP contribution in [0.2, 0.25) is 0 Å². The van der Waals surface area contributed by atoms with Crippen LogP contribution < -0.4 is 0 Å². The van der Waals surface area contributed by atoms with Crippen LogP contribution in [0.3, 0.4) is 0 Å². The normalized spacial score (nSPS) is 47.7. The summed E-state index contributed by atoms with van der Waals surface area (Å²) in [5.41, 5.74) is 1.76. The third-order valence-corrected chi connectivity index (χ3v) is 5.31. The molecule has 5 unspecified atom stereocenters. The van der Waals surface area contributed by atoms with E-state index in [4.69, 9.17) is 0 Å². The van der Waals surface area contributed by atoms with E-state index in [1.807, 2.05) is 0 Å². The zero-order valence-electron chi connectivity index (χ0n) is 11.7. The van der Waals surface area contributed by atoms with E-state index in [1.165, 1.54) is 19.3 Å². The summed E-state index contributed by atoms with van der Waals surface area (Å²) in [6.07, 6.45) is 6.65. The van der Waals surface area contributed by atoms with E-state index in [-0.39, 0.29) is 0 Å². The second-order valence-corrected chi connectivity index (χ2v) is 6.45. The molecule has 0 bridgehead atoms. The molecule has 16 heavy (non-hydrogen) atoms. The van der Waals surface area contributed by atoms with Crippen LogP contribution in [-0.2, 0) is 0 Å². The quantitative estimate of drug-likeness (QED) is 0.593. The summed E-state index contributed by atoms with van der Waals surface area (Å²) in [5.74, 6) is 5.65. The predicted molar refractivity (Wildman–Crippen MR) is 71.2 cm³/mol. The molecule has 5 atom stereocenters. The lowest BCUT2D eigenvalue weighted by Crippen LogP contribution is -2.24. The van der Waals surface area contributed by atoms with Crippen molar-refractivity contribution in [3.05, 3.63) is 11.6 Å². The van der Waals surface area contributed by atoms with Gasteiger partial charge >= 0.3 is 0 Å². The number of allylic oxidation sites excluding steroid dienone is 2. The van der Waals surface area contributed by atoms with E-state index < -0.39 is 0 Å². The van der Waals surface area contributed by atoms with Crippen LogP contribution in [0.25, 0.3) is 0 Å². The smallest absolute Gasteiger partial charge is 0.0200 e. The third kappa shape index (κ3) is 2.08. The number of rotatable bonds is 3. The molecule has 0 spiro atoms. The van der Waals surface area contributed by atoms with Crippen LogP contribution in [0, 0.1) is 35.5 Å². The van der Waals surface area contributed by atoms with Gasteiger partial charge in [-0.15, -0.1) is 0 Å². The van der Waals surface area contributed by atoms with Gasteiger partial charge in [0.1, 0.15) is 0 Å². The van der Waals surface area contributed by atoms with Crippen LogP contribution in [0.1, 0.15) is 53.9 Å². The maximum atomic E-state index is 2.57. The van der Waals surface area contributed by atoms with Crippen LogP contribution >= 0.6 is 0 Å². The highest BCUT2D eigenvalue weighted by molar-refractivity contribution is 5.16. The lowest BCUT2D eigenvalue weighted by atomic mass is 9.71. The minimum absolute atomic E-state index is 0.822. The van der Waals surface area contributed by atoms with Gasteiger partial charge in [-0.2, -0.15) is 0 Å². The van der Waals surface area contributed by atoms with Crippen molar-refractivity contribution in [1.29, 1.82) is 0 Å². The van der Waals surface area contributed by atoms with E-state index in [0.29, 0.717) is 0 Å². The Morgan fingerprint density at radius 1 is 1.12 bits per heavy atom. The SMILES string of the molecule is CCCC1=CC(C)CC(C2C(C)C2C)C1C. The molecule has 0 amide bonds. The minimum Gasteiger partial charge on any atom is -0.0822 e. The Morgan fingerprint density at radius 3 is 2.25 bits per heavy atom. The van der Waals surface area contributed by atoms with Crippen molar-refractivity contribution in [2.24, 2.45) is 35.5 Å². The molecular formula is C16H28. The van der Waals surface area contributed by atoms with Crippen LogP contribution in [0.15, 0.2) is 11.6 Å². The Kier molecular flexibility index (Phi) is 3.47. The first-order chi connectivity index (χ1) is 7.56. The Bertz CT molecular complexity index is 268. The summed E-state index contributed by atoms with van der Waals surface area (Å²) in [4.78, 5) is 0. The summed E-state index contributed by atoms with van der Waals surface area (Å²) >= 11 is 0. The van der Waals surface area contributed by atoms with E-state index in [1.54, 1.807) is 5.57 Å². The molecule has 0 nitrogen and oxygen atoms in total. The second kappa shape index (κ2) is 4.55. The molecule has 0 aromatic heterocycles. The van der Waals surface area contributed by atoms with Crippen molar-refractivity contribution in [2.75, 3.05) is 0 Å². The number of hydrogen-bond acceptors (Lipinski definition) is 0. The zero-order valence-corrected chi connectivity index (χ0v) is 11.7. The van der Waals surface area contributed by atoms with Gasteiger partial charge in [-0.1, -0.05) is 52.7 Å². The first-order valence-corrected chi connectivity index (χ1v) is 7.26. The molecule has 92 valence electrons. The van der Waals surface area contributed by atoms with Crippen LogP contribution in [0.5, 0.6) is 0 Å². The maximum absolute atomic E-state index is 2.57. The van der Waals surface area contributed by atoms with Crippen molar-refractivity contribution in [2.45, 2.75) is 53.9 Å². The molecule has 0 N–H and O–H groups in total. The van der Waals surface area contributed by atoms with Gasteiger partial charge in [-0.05, 0) is 48.3 Å². The molecule has 0 aromatic rings. The van der Waals surface area contributed by atoms with Crippen molar-refractivity contribution in [1.82, 2.24) is 0 Å². The largest absolute Gasteiger partial charge is 0.0822 e. The molecule has 0 heteroatoms. The molecule has 1 fully saturated rings. The number of hydrogen-bond donors (Lipinski definition) is 0. The lowest BCUT2D eigenvalue weighted by molar-refractivity contribution is 0.263. The van der Waals surface area contributed by atoms with Gasteiger partial charge in [0, 0.05) is 0 Å². The molecule has 0 saturated heterocycles. The zero-order chi connectivity index (χ0) is 11.9. The van der Waals surface area contributed by atoms with E-state index in [2.05, 4.69) is 40.7 Å². The highest BCUT2D eigenvalue weighted by atomic mass is 14.5. The van der Waals surface area contributed by atoms with Gasteiger partial charge in [0.2, 0.25) is 0 Å². The Labute approximate surface area is 102 Å². The maximum Gasteiger partial charge on any atom is -0.0200 e. The average molecular weight is 220 g/mol. The molecule has 0 radical (unpaired) electrons. The first kappa shape index (κ1) is 12.2. The fourth-order valence-electron chi connectivity index (χ4n) is 4.06. The minimum atomic E-state index is 0.822. The Balaban J connectivity index is 2.09. The van der Waals surface area contributed by atoms with Crippen molar-refractivity contribution in [3.63, 3.8) is 0 Å². The summed E-state index contributed by atoms with van der Waals surface area (Å²) in [6, 6.07) is 0. The molecular weight excluding hydrogens is 192 g/mol. The van der Waals surface area contributed by atoms with Crippen molar-refractivity contribution >= 4 is 0 Å². The molecule has 0 aliphatic heterocycles. The van der Waals surface area contributed by atoms with Crippen LogP contribution in [0.4, 0.5) is 0 Å². The first-order valence-electron chi connectivity index (χ1n) is 7.26. The summed E-state index contributed by atoms with van der Waals surface area (Å²) in [6.45, 7) is 12.1. The van der Waals surface area contributed by atoms with Crippen LogP contribution in [-0.4, -0.2) is 0 Å². The molecule has 2 aliphatic carbocycles. The third-order valence-electron chi connectivity index (χ3n) is 5.31.